The molecular weight excluding hydrogens is 344 g/mol. The molecule has 2 N–H and O–H groups in total. The molecule has 0 aromatic heterocycles. The van der Waals surface area contributed by atoms with Crippen molar-refractivity contribution in [2.24, 2.45) is 5.73 Å². The van der Waals surface area contributed by atoms with E-state index in [1.54, 1.807) is 0 Å². The molecular formula is C22H29ClN2O. The van der Waals surface area contributed by atoms with E-state index in [2.05, 4.69) is 53.4 Å². The number of aryl methyl sites for hydroxylation is 1. The molecule has 1 fully saturated rings. The number of rotatable bonds is 6. The molecule has 2 aliphatic rings. The number of hydrogen-bond acceptors (Lipinski definition) is 3. The number of hydrogen-bond donors (Lipinski definition) is 1. The lowest BCUT2D eigenvalue weighted by atomic mass is 9.75. The van der Waals surface area contributed by atoms with Crippen molar-refractivity contribution in [1.82, 2.24) is 4.90 Å². The molecule has 1 aliphatic carbocycles. The fourth-order valence-electron chi connectivity index (χ4n) is 4.35. The second-order valence-corrected chi connectivity index (χ2v) is 7.29. The quantitative estimate of drug-likeness (QED) is 0.838. The van der Waals surface area contributed by atoms with E-state index in [0.29, 0.717) is 25.1 Å². The molecule has 0 saturated carbocycles. The van der Waals surface area contributed by atoms with E-state index in [1.807, 2.05) is 0 Å². The van der Waals surface area contributed by atoms with Crippen LogP contribution in [0.25, 0.3) is 0 Å². The third-order valence-corrected chi connectivity index (χ3v) is 5.74. The van der Waals surface area contributed by atoms with Crippen LogP contribution in [0.3, 0.4) is 0 Å². The standard InChI is InChI=1S/C22H28N2O.ClH/c23-11-14-25-19-9-7-18-8-10-22(24-12-4-13-24)21(20(18)16-19)15-17-5-2-1-3-6-17;/h1-3,5-7,9,16,21-22H,4,8,10-15,23H2;1H. The predicted molar refractivity (Wildman–Crippen MR) is 109 cm³/mol. The highest BCUT2D eigenvalue weighted by Crippen LogP contribution is 2.40. The first-order chi connectivity index (χ1) is 12.3. The van der Waals surface area contributed by atoms with Crippen molar-refractivity contribution < 1.29 is 4.74 Å². The zero-order chi connectivity index (χ0) is 17.1. The molecule has 1 saturated heterocycles. The summed E-state index contributed by atoms with van der Waals surface area (Å²) in [6, 6.07) is 18.2. The minimum Gasteiger partial charge on any atom is -0.492 e. The van der Waals surface area contributed by atoms with Crippen LogP contribution in [0.15, 0.2) is 48.5 Å². The maximum atomic E-state index is 5.82. The molecule has 0 bridgehead atoms. The van der Waals surface area contributed by atoms with Gasteiger partial charge < -0.3 is 10.5 Å². The number of ether oxygens (including phenoxy) is 1. The minimum atomic E-state index is 0. The highest BCUT2D eigenvalue weighted by atomic mass is 35.5. The van der Waals surface area contributed by atoms with Crippen molar-refractivity contribution in [3.05, 3.63) is 65.2 Å². The van der Waals surface area contributed by atoms with Gasteiger partial charge in [-0.25, -0.2) is 0 Å². The summed E-state index contributed by atoms with van der Waals surface area (Å²) in [6.45, 7) is 3.65. The van der Waals surface area contributed by atoms with Gasteiger partial charge in [0.2, 0.25) is 0 Å². The van der Waals surface area contributed by atoms with Gasteiger partial charge in [-0.2, -0.15) is 0 Å². The van der Waals surface area contributed by atoms with Crippen molar-refractivity contribution >= 4 is 12.4 Å². The van der Waals surface area contributed by atoms with E-state index in [0.717, 1.165) is 12.2 Å². The fourth-order valence-corrected chi connectivity index (χ4v) is 4.35. The average molecular weight is 373 g/mol. The smallest absolute Gasteiger partial charge is 0.119 e. The average Bonchev–Trinajstić information content (AvgIpc) is 2.61. The highest BCUT2D eigenvalue weighted by Gasteiger charge is 2.35. The number of likely N-dealkylation sites (tertiary alicyclic amines) is 1. The van der Waals surface area contributed by atoms with Crippen LogP contribution in [0.4, 0.5) is 0 Å². The Morgan fingerprint density at radius 2 is 1.88 bits per heavy atom. The Morgan fingerprint density at radius 3 is 2.58 bits per heavy atom. The predicted octanol–water partition coefficient (Wildman–Crippen LogP) is 3.79. The van der Waals surface area contributed by atoms with Gasteiger partial charge in [-0.1, -0.05) is 36.4 Å². The fraction of sp³-hybridized carbons (Fsp3) is 0.455. The van der Waals surface area contributed by atoms with Gasteiger partial charge in [0, 0.05) is 18.5 Å². The van der Waals surface area contributed by atoms with Gasteiger partial charge in [0.25, 0.3) is 0 Å². The summed E-state index contributed by atoms with van der Waals surface area (Å²) < 4.78 is 5.82. The lowest BCUT2D eigenvalue weighted by Gasteiger charge is -2.45. The monoisotopic (exact) mass is 372 g/mol. The summed E-state index contributed by atoms with van der Waals surface area (Å²) in [5.74, 6) is 1.51. The maximum Gasteiger partial charge on any atom is 0.119 e. The summed E-state index contributed by atoms with van der Waals surface area (Å²) in [4.78, 5) is 2.68. The Labute approximate surface area is 162 Å². The molecule has 4 rings (SSSR count). The lowest BCUT2D eigenvalue weighted by Crippen LogP contribution is -2.49. The molecule has 3 nitrogen and oxygen atoms in total. The van der Waals surface area contributed by atoms with Crippen molar-refractivity contribution in [2.45, 2.75) is 37.6 Å². The number of fused-ring (bicyclic) bond motifs is 1. The van der Waals surface area contributed by atoms with Crippen LogP contribution < -0.4 is 10.5 Å². The number of benzene rings is 2. The molecule has 26 heavy (non-hydrogen) atoms. The maximum absolute atomic E-state index is 5.82. The molecule has 1 aliphatic heterocycles. The Bertz CT molecular complexity index is 703. The molecule has 0 radical (unpaired) electrons. The van der Waals surface area contributed by atoms with Gasteiger partial charge in [0.1, 0.15) is 12.4 Å². The van der Waals surface area contributed by atoms with Crippen LogP contribution in [-0.4, -0.2) is 37.2 Å². The van der Waals surface area contributed by atoms with Crippen LogP contribution in [0.2, 0.25) is 0 Å². The zero-order valence-corrected chi connectivity index (χ0v) is 16.1. The Balaban J connectivity index is 0.00000196. The van der Waals surface area contributed by atoms with E-state index in [-0.39, 0.29) is 12.4 Å². The van der Waals surface area contributed by atoms with E-state index in [4.69, 9.17) is 10.5 Å². The summed E-state index contributed by atoms with van der Waals surface area (Å²) in [6.07, 6.45) is 4.91. The van der Waals surface area contributed by atoms with Crippen molar-refractivity contribution in [1.29, 1.82) is 0 Å². The van der Waals surface area contributed by atoms with Gasteiger partial charge in [-0.05, 0) is 67.6 Å². The van der Waals surface area contributed by atoms with Gasteiger partial charge in [0.15, 0.2) is 0 Å². The number of halogens is 1. The summed E-state index contributed by atoms with van der Waals surface area (Å²) in [7, 11) is 0. The van der Waals surface area contributed by atoms with Crippen molar-refractivity contribution in [2.75, 3.05) is 26.2 Å². The second kappa shape index (κ2) is 8.90. The molecule has 2 aromatic rings. The SMILES string of the molecule is Cl.NCCOc1ccc2c(c1)C(Cc1ccccc1)C(N1CCC1)CC2. The highest BCUT2D eigenvalue weighted by molar-refractivity contribution is 5.85. The Kier molecular flexibility index (Phi) is 6.58. The summed E-state index contributed by atoms with van der Waals surface area (Å²) in [5.41, 5.74) is 10.0. The molecule has 2 atom stereocenters. The van der Waals surface area contributed by atoms with E-state index < -0.39 is 0 Å². The first kappa shape index (κ1) is 19.2. The molecule has 4 heteroatoms. The number of nitrogens with zero attached hydrogens (tertiary/aromatic N) is 1. The molecule has 1 heterocycles. The van der Waals surface area contributed by atoms with Crippen molar-refractivity contribution in [3.63, 3.8) is 0 Å². The first-order valence-corrected chi connectivity index (χ1v) is 9.59. The molecule has 2 aromatic carbocycles. The lowest BCUT2D eigenvalue weighted by molar-refractivity contribution is 0.0876. The van der Waals surface area contributed by atoms with Crippen LogP contribution >= 0.6 is 12.4 Å². The molecule has 140 valence electrons. The molecule has 0 amide bonds. The summed E-state index contributed by atoms with van der Waals surface area (Å²) in [5, 5.41) is 0. The molecule has 2 unspecified atom stereocenters. The van der Waals surface area contributed by atoms with Gasteiger partial charge >= 0.3 is 0 Å². The van der Waals surface area contributed by atoms with E-state index >= 15 is 0 Å². The Morgan fingerprint density at radius 1 is 1.08 bits per heavy atom. The third-order valence-electron chi connectivity index (χ3n) is 5.74. The van der Waals surface area contributed by atoms with Gasteiger partial charge in [-0.3, -0.25) is 4.90 Å². The van der Waals surface area contributed by atoms with Crippen molar-refractivity contribution in [3.8, 4) is 5.75 Å². The topological polar surface area (TPSA) is 38.5 Å². The van der Waals surface area contributed by atoms with Crippen LogP contribution in [0, 0.1) is 0 Å². The zero-order valence-electron chi connectivity index (χ0n) is 15.3. The summed E-state index contributed by atoms with van der Waals surface area (Å²) >= 11 is 0. The van der Waals surface area contributed by atoms with E-state index in [1.165, 1.54) is 49.0 Å². The third kappa shape index (κ3) is 4.06. The second-order valence-electron chi connectivity index (χ2n) is 7.29. The largest absolute Gasteiger partial charge is 0.492 e. The number of nitrogens with two attached hydrogens (primary N) is 1. The van der Waals surface area contributed by atoms with Gasteiger partial charge in [-0.15, -0.1) is 12.4 Å². The van der Waals surface area contributed by atoms with E-state index in [9.17, 15) is 0 Å². The van der Waals surface area contributed by atoms with Crippen LogP contribution in [0.5, 0.6) is 5.75 Å². The molecule has 0 spiro atoms. The van der Waals surface area contributed by atoms with Crippen LogP contribution in [-0.2, 0) is 12.8 Å². The Hall–Kier alpha value is -1.55. The van der Waals surface area contributed by atoms with Crippen LogP contribution in [0.1, 0.15) is 35.4 Å². The minimum absolute atomic E-state index is 0. The first-order valence-electron chi connectivity index (χ1n) is 9.59. The normalized spacial score (nSPS) is 22.0. The van der Waals surface area contributed by atoms with Gasteiger partial charge in [0.05, 0.1) is 0 Å².